The van der Waals surface area contributed by atoms with E-state index in [1.54, 1.807) is 36.6 Å². The van der Waals surface area contributed by atoms with Crippen molar-refractivity contribution in [1.82, 2.24) is 5.32 Å². The van der Waals surface area contributed by atoms with Crippen molar-refractivity contribution >= 4 is 28.8 Å². The first-order valence-electron chi connectivity index (χ1n) is 10.00. The topological polar surface area (TPSA) is 49.4 Å². The van der Waals surface area contributed by atoms with Crippen molar-refractivity contribution in [3.8, 4) is 0 Å². The van der Waals surface area contributed by atoms with Gasteiger partial charge in [0.2, 0.25) is 5.91 Å². The number of amides is 2. The van der Waals surface area contributed by atoms with Gasteiger partial charge in [0.1, 0.15) is 0 Å². The molecule has 1 aliphatic rings. The number of carbonyl (C=O) groups is 2. The van der Waals surface area contributed by atoms with Crippen LogP contribution in [0.15, 0.2) is 35.7 Å². The molecule has 0 aliphatic heterocycles. The largest absolute Gasteiger partial charge is 0.471 e. The maximum atomic E-state index is 13.6. The third kappa shape index (κ3) is 5.03. The van der Waals surface area contributed by atoms with E-state index in [1.165, 1.54) is 6.07 Å². The summed E-state index contributed by atoms with van der Waals surface area (Å²) >= 11 is 1.16. The van der Waals surface area contributed by atoms with Crippen LogP contribution in [0.25, 0.3) is 0 Å². The number of aryl methyl sites for hydroxylation is 2. The summed E-state index contributed by atoms with van der Waals surface area (Å²) in [6, 6.07) is 6.61. The average molecular weight is 439 g/mol. The maximum Gasteiger partial charge on any atom is 0.471 e. The summed E-state index contributed by atoms with van der Waals surface area (Å²) in [5.41, 5.74) is 1.44. The first-order chi connectivity index (χ1) is 14.2. The van der Waals surface area contributed by atoms with Gasteiger partial charge in [0, 0.05) is 16.6 Å². The molecule has 2 amide bonds. The van der Waals surface area contributed by atoms with Crippen molar-refractivity contribution in [2.24, 2.45) is 0 Å². The van der Waals surface area contributed by atoms with Crippen LogP contribution in [0.1, 0.15) is 54.1 Å². The summed E-state index contributed by atoms with van der Waals surface area (Å²) < 4.78 is 40.8. The number of nitrogens with one attached hydrogen (secondary N) is 1. The molecule has 1 aliphatic carbocycles. The third-order valence-corrected chi connectivity index (χ3v) is 6.27. The van der Waals surface area contributed by atoms with E-state index < -0.39 is 24.0 Å². The van der Waals surface area contributed by atoms with Crippen molar-refractivity contribution in [3.05, 3.63) is 51.7 Å². The number of anilines is 1. The predicted molar refractivity (Wildman–Crippen MR) is 112 cm³/mol. The minimum atomic E-state index is -5.11. The first kappa shape index (κ1) is 22.3. The molecule has 1 N–H and O–H groups in total. The Morgan fingerprint density at radius 2 is 1.83 bits per heavy atom. The molecule has 30 heavy (non-hydrogen) atoms. The predicted octanol–water partition coefficient (Wildman–Crippen LogP) is 5.45. The summed E-state index contributed by atoms with van der Waals surface area (Å²) in [4.78, 5) is 26.8. The summed E-state index contributed by atoms with van der Waals surface area (Å²) in [6.07, 6.45) is -0.507. The van der Waals surface area contributed by atoms with E-state index >= 15 is 0 Å². The summed E-state index contributed by atoms with van der Waals surface area (Å²) in [5.74, 6) is -2.63. The van der Waals surface area contributed by atoms with Crippen LogP contribution >= 0.6 is 11.3 Å². The van der Waals surface area contributed by atoms with Gasteiger partial charge in [-0.1, -0.05) is 43.0 Å². The van der Waals surface area contributed by atoms with Crippen LogP contribution in [0, 0.1) is 13.8 Å². The number of hydrogen-bond donors (Lipinski definition) is 1. The molecule has 0 bridgehead atoms. The fourth-order valence-corrected chi connectivity index (χ4v) is 4.74. The van der Waals surface area contributed by atoms with Gasteiger partial charge in [-0.25, -0.2) is 0 Å². The Hall–Kier alpha value is -2.35. The Balaban J connectivity index is 2.06. The zero-order chi connectivity index (χ0) is 21.9. The zero-order valence-corrected chi connectivity index (χ0v) is 17.8. The highest BCUT2D eigenvalue weighted by atomic mass is 32.1. The standard InChI is InChI=1S/C22H25F3N2O2S/c1-14-10-11-17(15(2)13-14)27(21(29)22(23,24)25)19(18-9-6-12-30-18)20(28)26-16-7-4-3-5-8-16/h6,9-13,16,19H,3-5,7-8H2,1-2H3,(H,26,28)/t19-/m0/s1. The van der Waals surface area contributed by atoms with Crippen LogP contribution in [-0.2, 0) is 9.59 Å². The van der Waals surface area contributed by atoms with E-state index in [0.717, 1.165) is 49.0 Å². The van der Waals surface area contributed by atoms with E-state index in [1.807, 2.05) is 6.92 Å². The van der Waals surface area contributed by atoms with Crippen molar-refractivity contribution in [1.29, 1.82) is 0 Å². The molecule has 1 atom stereocenters. The summed E-state index contributed by atoms with van der Waals surface area (Å²) in [7, 11) is 0. The summed E-state index contributed by atoms with van der Waals surface area (Å²) in [6.45, 7) is 3.46. The average Bonchev–Trinajstić information content (AvgIpc) is 3.20. The van der Waals surface area contributed by atoms with Gasteiger partial charge in [0.15, 0.2) is 6.04 Å². The first-order valence-corrected chi connectivity index (χ1v) is 10.9. The second kappa shape index (κ2) is 9.20. The van der Waals surface area contributed by atoms with Gasteiger partial charge in [0.25, 0.3) is 0 Å². The van der Waals surface area contributed by atoms with E-state index in [9.17, 15) is 22.8 Å². The monoisotopic (exact) mass is 438 g/mol. The van der Waals surface area contributed by atoms with Crippen molar-refractivity contribution in [3.63, 3.8) is 0 Å². The minimum absolute atomic E-state index is 0.0834. The quantitative estimate of drug-likeness (QED) is 0.675. The number of hydrogen-bond acceptors (Lipinski definition) is 3. The lowest BCUT2D eigenvalue weighted by Crippen LogP contribution is -2.50. The van der Waals surface area contributed by atoms with E-state index in [2.05, 4.69) is 5.32 Å². The number of halogens is 3. The van der Waals surface area contributed by atoms with Crippen LogP contribution in [-0.4, -0.2) is 24.0 Å². The number of alkyl halides is 3. The second-order valence-electron chi connectivity index (χ2n) is 7.72. The Bertz CT molecular complexity index is 890. The van der Waals surface area contributed by atoms with Gasteiger partial charge < -0.3 is 5.32 Å². The van der Waals surface area contributed by atoms with E-state index in [4.69, 9.17) is 0 Å². The lowest BCUT2D eigenvalue weighted by molar-refractivity contribution is -0.171. The highest BCUT2D eigenvalue weighted by Gasteiger charge is 2.48. The fourth-order valence-electron chi connectivity index (χ4n) is 3.93. The van der Waals surface area contributed by atoms with Crippen molar-refractivity contribution in [2.75, 3.05) is 4.90 Å². The fraction of sp³-hybridized carbons (Fsp3) is 0.455. The number of carbonyl (C=O) groups excluding carboxylic acids is 2. The molecular formula is C22H25F3N2O2S. The molecule has 0 unspecified atom stereocenters. The lowest BCUT2D eigenvalue weighted by atomic mass is 9.95. The van der Waals surface area contributed by atoms with Crippen LogP contribution in [0.3, 0.4) is 0 Å². The smallest absolute Gasteiger partial charge is 0.351 e. The molecule has 1 aromatic carbocycles. The van der Waals surface area contributed by atoms with E-state index in [-0.39, 0.29) is 11.7 Å². The van der Waals surface area contributed by atoms with Gasteiger partial charge in [0.05, 0.1) is 0 Å². The van der Waals surface area contributed by atoms with Gasteiger partial charge >= 0.3 is 12.1 Å². The number of nitrogens with zero attached hydrogens (tertiary/aromatic N) is 1. The minimum Gasteiger partial charge on any atom is -0.351 e. The molecule has 0 saturated heterocycles. The molecule has 2 aromatic rings. The van der Waals surface area contributed by atoms with Crippen LogP contribution in [0.5, 0.6) is 0 Å². The Labute approximate surface area is 178 Å². The maximum absolute atomic E-state index is 13.6. The number of benzene rings is 1. The van der Waals surface area contributed by atoms with Gasteiger partial charge in [-0.3, -0.25) is 14.5 Å². The highest BCUT2D eigenvalue weighted by Crippen LogP contribution is 2.36. The van der Waals surface area contributed by atoms with Gasteiger partial charge in [-0.15, -0.1) is 11.3 Å². The van der Waals surface area contributed by atoms with Crippen LogP contribution in [0.2, 0.25) is 0 Å². The molecule has 1 heterocycles. The molecular weight excluding hydrogens is 413 g/mol. The molecule has 162 valence electrons. The van der Waals surface area contributed by atoms with Crippen molar-refractivity contribution < 1.29 is 22.8 Å². The Kier molecular flexibility index (Phi) is 6.85. The number of rotatable bonds is 5. The third-order valence-electron chi connectivity index (χ3n) is 5.34. The Morgan fingerprint density at radius 1 is 1.13 bits per heavy atom. The molecule has 8 heteroatoms. The highest BCUT2D eigenvalue weighted by molar-refractivity contribution is 7.10. The number of thiophene rings is 1. The molecule has 1 saturated carbocycles. The Morgan fingerprint density at radius 3 is 2.40 bits per heavy atom. The molecule has 0 radical (unpaired) electrons. The molecule has 1 aromatic heterocycles. The molecule has 3 rings (SSSR count). The van der Waals surface area contributed by atoms with E-state index in [0.29, 0.717) is 15.3 Å². The SMILES string of the molecule is Cc1ccc(N(C(=O)C(F)(F)F)[C@H](C(=O)NC2CCCCC2)c2cccs2)c(C)c1. The van der Waals surface area contributed by atoms with Gasteiger partial charge in [-0.2, -0.15) is 13.2 Å². The van der Waals surface area contributed by atoms with Crippen LogP contribution in [0.4, 0.5) is 18.9 Å². The zero-order valence-electron chi connectivity index (χ0n) is 17.0. The molecule has 0 spiro atoms. The van der Waals surface area contributed by atoms with Crippen molar-refractivity contribution in [2.45, 2.75) is 64.2 Å². The second-order valence-corrected chi connectivity index (χ2v) is 8.70. The molecule has 4 nitrogen and oxygen atoms in total. The summed E-state index contributed by atoms with van der Waals surface area (Å²) in [5, 5.41) is 4.59. The molecule has 1 fully saturated rings. The van der Waals surface area contributed by atoms with Gasteiger partial charge in [-0.05, 0) is 49.8 Å². The van der Waals surface area contributed by atoms with Crippen LogP contribution < -0.4 is 10.2 Å². The lowest BCUT2D eigenvalue weighted by Gasteiger charge is -2.33. The normalized spacial score (nSPS) is 16.2.